The molecule has 1 heterocycles. The summed E-state index contributed by atoms with van der Waals surface area (Å²) in [5.74, 6) is 0.294. The molecule has 124 valence electrons. The molecule has 2 aromatic rings. The second kappa shape index (κ2) is 8.76. The van der Waals surface area contributed by atoms with Crippen LogP contribution in [0.2, 0.25) is 0 Å². The molecule has 0 fully saturated rings. The van der Waals surface area contributed by atoms with Gasteiger partial charge >= 0.3 is 5.97 Å². The summed E-state index contributed by atoms with van der Waals surface area (Å²) >= 11 is 3.47. The number of nitrogens with one attached hydrogen (secondary N) is 1. The van der Waals surface area contributed by atoms with E-state index in [4.69, 9.17) is 4.74 Å². The van der Waals surface area contributed by atoms with Gasteiger partial charge in [-0.15, -0.1) is 10.2 Å². The number of benzene rings is 1. The van der Waals surface area contributed by atoms with E-state index in [9.17, 15) is 4.79 Å². The Kier molecular flexibility index (Phi) is 6.70. The average molecular weight is 381 g/mol. The minimum absolute atomic E-state index is 0.200. The number of hydrogen-bond acceptors (Lipinski definition) is 5. The second-order valence-corrected chi connectivity index (χ2v) is 6.21. The number of ether oxygens (including phenoxy) is 1. The third-order valence-electron chi connectivity index (χ3n) is 3.58. The standard InChI is InChI=1S/C16H21BrN4O2/c1-3-5-6-7-14(23-15(22)4-2)12-9-8-11(17)10-13(12)16-18-20-21-19-16/h8-10,14H,3-7H2,1-2H3,(H,18,19,20,21). The molecule has 0 spiro atoms. The van der Waals surface area contributed by atoms with Crippen LogP contribution in [0.1, 0.15) is 57.6 Å². The number of aromatic nitrogens is 4. The smallest absolute Gasteiger partial charge is 0.306 e. The lowest BCUT2D eigenvalue weighted by molar-refractivity contribution is -0.149. The predicted octanol–water partition coefficient (Wildman–Crippen LogP) is 4.20. The molecule has 0 radical (unpaired) electrons. The third-order valence-corrected chi connectivity index (χ3v) is 4.07. The van der Waals surface area contributed by atoms with Gasteiger partial charge in [-0.1, -0.05) is 48.7 Å². The molecule has 7 heteroatoms. The molecule has 6 nitrogen and oxygen atoms in total. The molecule has 1 unspecified atom stereocenters. The first-order chi connectivity index (χ1) is 11.2. The Labute approximate surface area is 144 Å². The van der Waals surface area contributed by atoms with Crippen molar-refractivity contribution < 1.29 is 9.53 Å². The van der Waals surface area contributed by atoms with Crippen molar-refractivity contribution in [2.24, 2.45) is 0 Å². The maximum Gasteiger partial charge on any atom is 0.306 e. The van der Waals surface area contributed by atoms with Crippen molar-refractivity contribution in [1.29, 1.82) is 0 Å². The number of rotatable bonds is 8. The molecule has 0 amide bonds. The molecule has 0 saturated heterocycles. The average Bonchev–Trinajstić information content (AvgIpc) is 3.08. The van der Waals surface area contributed by atoms with Crippen LogP contribution in [0.5, 0.6) is 0 Å². The van der Waals surface area contributed by atoms with Gasteiger partial charge in [0, 0.05) is 22.0 Å². The van der Waals surface area contributed by atoms with Crippen LogP contribution >= 0.6 is 15.9 Å². The van der Waals surface area contributed by atoms with E-state index in [0.29, 0.717) is 12.2 Å². The molecule has 1 N–H and O–H groups in total. The SMILES string of the molecule is CCCCCC(OC(=O)CC)c1ccc(Br)cc1-c1nn[nH]n1. The summed E-state index contributed by atoms with van der Waals surface area (Å²) in [5, 5.41) is 14.2. The highest BCUT2D eigenvalue weighted by Gasteiger charge is 2.21. The van der Waals surface area contributed by atoms with E-state index in [1.165, 1.54) is 0 Å². The first-order valence-corrected chi connectivity index (χ1v) is 8.67. The summed E-state index contributed by atoms with van der Waals surface area (Å²) in [7, 11) is 0. The zero-order chi connectivity index (χ0) is 16.7. The van der Waals surface area contributed by atoms with Gasteiger partial charge in [-0.25, -0.2) is 0 Å². The number of esters is 1. The lowest BCUT2D eigenvalue weighted by Gasteiger charge is -2.20. The van der Waals surface area contributed by atoms with Gasteiger partial charge in [-0.2, -0.15) is 5.21 Å². The van der Waals surface area contributed by atoms with E-state index in [1.54, 1.807) is 6.92 Å². The minimum Gasteiger partial charge on any atom is -0.457 e. The Morgan fingerprint density at radius 1 is 1.35 bits per heavy atom. The van der Waals surface area contributed by atoms with E-state index < -0.39 is 0 Å². The van der Waals surface area contributed by atoms with Crippen molar-refractivity contribution in [3.63, 3.8) is 0 Å². The molecular weight excluding hydrogens is 360 g/mol. The molecule has 0 saturated carbocycles. The van der Waals surface area contributed by atoms with E-state index >= 15 is 0 Å². The van der Waals surface area contributed by atoms with Crippen LogP contribution in [0.15, 0.2) is 22.7 Å². The highest BCUT2D eigenvalue weighted by atomic mass is 79.9. The summed E-state index contributed by atoms with van der Waals surface area (Å²) in [6, 6.07) is 5.81. The summed E-state index contributed by atoms with van der Waals surface area (Å²) < 4.78 is 6.58. The molecule has 1 aromatic heterocycles. The van der Waals surface area contributed by atoms with Crippen molar-refractivity contribution >= 4 is 21.9 Å². The van der Waals surface area contributed by atoms with Crippen LogP contribution < -0.4 is 0 Å². The number of H-pyrrole nitrogens is 1. The fourth-order valence-corrected chi connectivity index (χ4v) is 2.74. The van der Waals surface area contributed by atoms with Gasteiger partial charge in [0.2, 0.25) is 5.82 Å². The normalized spacial score (nSPS) is 12.1. The molecule has 0 bridgehead atoms. The van der Waals surface area contributed by atoms with Crippen molar-refractivity contribution in [1.82, 2.24) is 20.6 Å². The second-order valence-electron chi connectivity index (χ2n) is 5.29. The lowest BCUT2D eigenvalue weighted by atomic mass is 9.97. The van der Waals surface area contributed by atoms with Gasteiger partial charge in [0.15, 0.2) is 0 Å². The summed E-state index contributed by atoms with van der Waals surface area (Å²) in [6.45, 7) is 3.95. The van der Waals surface area contributed by atoms with E-state index in [0.717, 1.165) is 41.3 Å². The lowest BCUT2D eigenvalue weighted by Crippen LogP contribution is -2.12. The van der Waals surface area contributed by atoms with Crippen LogP contribution in [0.25, 0.3) is 11.4 Å². The Morgan fingerprint density at radius 3 is 2.83 bits per heavy atom. The van der Waals surface area contributed by atoms with Crippen LogP contribution in [0.4, 0.5) is 0 Å². The zero-order valence-corrected chi connectivity index (χ0v) is 15.0. The van der Waals surface area contributed by atoms with Crippen molar-refractivity contribution in [3.05, 3.63) is 28.2 Å². The minimum atomic E-state index is -0.296. The number of unbranched alkanes of at least 4 members (excludes halogenated alkanes) is 2. The number of carbonyl (C=O) groups excluding carboxylic acids is 1. The largest absolute Gasteiger partial charge is 0.457 e. The highest BCUT2D eigenvalue weighted by Crippen LogP contribution is 2.33. The molecule has 1 atom stereocenters. The molecule has 0 aliphatic rings. The number of nitrogens with zero attached hydrogens (tertiary/aromatic N) is 3. The number of hydrogen-bond donors (Lipinski definition) is 1. The zero-order valence-electron chi connectivity index (χ0n) is 13.4. The monoisotopic (exact) mass is 380 g/mol. The quantitative estimate of drug-likeness (QED) is 0.547. The Balaban J connectivity index is 2.34. The number of carbonyl (C=O) groups is 1. The maximum absolute atomic E-state index is 11.8. The van der Waals surface area contributed by atoms with Gasteiger partial charge < -0.3 is 4.74 Å². The molecular formula is C16H21BrN4O2. The van der Waals surface area contributed by atoms with Gasteiger partial charge in [0.05, 0.1) is 0 Å². The van der Waals surface area contributed by atoms with Crippen molar-refractivity contribution in [3.8, 4) is 11.4 Å². The molecule has 0 aliphatic carbocycles. The van der Waals surface area contributed by atoms with E-state index in [-0.39, 0.29) is 12.1 Å². The van der Waals surface area contributed by atoms with Gasteiger partial charge in [-0.05, 0) is 30.2 Å². The number of aromatic amines is 1. The fraction of sp³-hybridized carbons (Fsp3) is 0.500. The number of tetrazole rings is 1. The van der Waals surface area contributed by atoms with Crippen molar-refractivity contribution in [2.75, 3.05) is 0 Å². The highest BCUT2D eigenvalue weighted by molar-refractivity contribution is 9.10. The Bertz CT molecular complexity index is 631. The summed E-state index contributed by atoms with van der Waals surface area (Å²) in [6.07, 6.45) is 4.07. The Morgan fingerprint density at radius 2 is 2.17 bits per heavy atom. The van der Waals surface area contributed by atoms with E-state index in [2.05, 4.69) is 43.5 Å². The van der Waals surface area contributed by atoms with Crippen LogP contribution in [-0.4, -0.2) is 26.6 Å². The number of halogens is 1. The van der Waals surface area contributed by atoms with Gasteiger partial charge in [-0.3, -0.25) is 4.79 Å². The van der Waals surface area contributed by atoms with E-state index in [1.807, 2.05) is 18.2 Å². The summed E-state index contributed by atoms with van der Waals surface area (Å²) in [4.78, 5) is 11.8. The molecule has 23 heavy (non-hydrogen) atoms. The predicted molar refractivity (Wildman–Crippen MR) is 90.6 cm³/mol. The molecule has 0 aliphatic heterocycles. The third kappa shape index (κ3) is 4.86. The van der Waals surface area contributed by atoms with Gasteiger partial charge in [0.1, 0.15) is 6.10 Å². The molecule has 2 rings (SSSR count). The fourth-order valence-electron chi connectivity index (χ4n) is 2.38. The Hall–Kier alpha value is -1.76. The maximum atomic E-state index is 11.8. The van der Waals surface area contributed by atoms with Gasteiger partial charge in [0.25, 0.3) is 0 Å². The topological polar surface area (TPSA) is 80.8 Å². The first-order valence-electron chi connectivity index (χ1n) is 7.88. The molecule has 1 aromatic carbocycles. The van der Waals surface area contributed by atoms with Crippen molar-refractivity contribution in [2.45, 2.75) is 52.1 Å². The van der Waals surface area contributed by atoms with Crippen LogP contribution in [0.3, 0.4) is 0 Å². The van der Waals surface area contributed by atoms with Crippen LogP contribution in [-0.2, 0) is 9.53 Å². The first kappa shape index (κ1) is 17.6. The van der Waals surface area contributed by atoms with Crippen LogP contribution in [0, 0.1) is 0 Å². The summed E-state index contributed by atoms with van der Waals surface area (Å²) in [5.41, 5.74) is 1.73.